The van der Waals surface area contributed by atoms with E-state index < -0.39 is 0 Å². The summed E-state index contributed by atoms with van der Waals surface area (Å²) in [6, 6.07) is 10.1. The highest BCUT2D eigenvalue weighted by molar-refractivity contribution is 5.91. The van der Waals surface area contributed by atoms with Gasteiger partial charge in [-0.05, 0) is 25.0 Å². The summed E-state index contributed by atoms with van der Waals surface area (Å²) >= 11 is 0. The third-order valence-corrected chi connectivity index (χ3v) is 2.86. The molecular formula is C16H23NO. The molecule has 0 aliphatic heterocycles. The van der Waals surface area contributed by atoms with E-state index in [4.69, 9.17) is 0 Å². The normalized spacial score (nSPS) is 12.6. The zero-order valence-electron chi connectivity index (χ0n) is 11.4. The third kappa shape index (κ3) is 6.24. The third-order valence-electron chi connectivity index (χ3n) is 2.86. The smallest absolute Gasteiger partial charge is 0.244 e. The van der Waals surface area contributed by atoms with Gasteiger partial charge in [-0.3, -0.25) is 4.79 Å². The van der Waals surface area contributed by atoms with Crippen LogP contribution in [0.4, 0.5) is 0 Å². The Kier molecular flexibility index (Phi) is 6.85. The molecule has 0 heterocycles. The first-order valence-corrected chi connectivity index (χ1v) is 6.76. The number of carbonyl (C=O) groups excluding carboxylic acids is 1. The maximum atomic E-state index is 11.7. The fourth-order valence-electron chi connectivity index (χ4n) is 1.80. The van der Waals surface area contributed by atoms with Crippen LogP contribution in [0.3, 0.4) is 0 Å². The van der Waals surface area contributed by atoms with Gasteiger partial charge in [0.15, 0.2) is 0 Å². The van der Waals surface area contributed by atoms with Gasteiger partial charge in [-0.2, -0.15) is 0 Å². The molecule has 1 atom stereocenters. The number of unbranched alkanes of at least 4 members (excludes halogenated alkanes) is 2. The lowest BCUT2D eigenvalue weighted by Gasteiger charge is -2.11. The van der Waals surface area contributed by atoms with Crippen LogP contribution >= 0.6 is 0 Å². The van der Waals surface area contributed by atoms with Crippen LogP contribution in [0.15, 0.2) is 36.4 Å². The van der Waals surface area contributed by atoms with E-state index in [-0.39, 0.29) is 11.9 Å². The molecule has 1 N–H and O–H groups in total. The first kappa shape index (κ1) is 14.5. The van der Waals surface area contributed by atoms with Crippen LogP contribution in [0.25, 0.3) is 6.08 Å². The van der Waals surface area contributed by atoms with Crippen LogP contribution in [-0.4, -0.2) is 11.9 Å². The highest BCUT2D eigenvalue weighted by Crippen LogP contribution is 2.03. The van der Waals surface area contributed by atoms with Crippen molar-refractivity contribution in [3.63, 3.8) is 0 Å². The standard InChI is InChI=1S/C16H23NO/c1-3-4-6-9-14(2)17-16(18)13-12-15-10-7-5-8-11-15/h5,7-8,10-14H,3-4,6,9H2,1-2H3,(H,17,18). The van der Waals surface area contributed by atoms with Gasteiger partial charge in [0.05, 0.1) is 0 Å². The Hall–Kier alpha value is -1.57. The Morgan fingerprint density at radius 2 is 2.00 bits per heavy atom. The van der Waals surface area contributed by atoms with Crippen LogP contribution in [0.1, 0.15) is 45.1 Å². The molecule has 1 aromatic carbocycles. The van der Waals surface area contributed by atoms with E-state index in [9.17, 15) is 4.79 Å². The van der Waals surface area contributed by atoms with Crippen LogP contribution in [-0.2, 0) is 4.79 Å². The SMILES string of the molecule is CCCCCC(C)NC(=O)C=Cc1ccccc1. The predicted octanol–water partition coefficient (Wildman–Crippen LogP) is 3.78. The van der Waals surface area contributed by atoms with Gasteiger partial charge < -0.3 is 5.32 Å². The van der Waals surface area contributed by atoms with Gasteiger partial charge >= 0.3 is 0 Å². The minimum atomic E-state index is -0.0112. The summed E-state index contributed by atoms with van der Waals surface area (Å²) in [4.78, 5) is 11.7. The maximum Gasteiger partial charge on any atom is 0.244 e. The fourth-order valence-corrected chi connectivity index (χ4v) is 1.80. The Labute approximate surface area is 110 Å². The van der Waals surface area contributed by atoms with Crippen molar-refractivity contribution >= 4 is 12.0 Å². The molecule has 0 spiro atoms. The number of hydrogen-bond acceptors (Lipinski definition) is 1. The lowest BCUT2D eigenvalue weighted by molar-refractivity contribution is -0.117. The molecule has 2 nitrogen and oxygen atoms in total. The number of hydrogen-bond donors (Lipinski definition) is 1. The molecule has 0 aromatic heterocycles. The van der Waals surface area contributed by atoms with Crippen molar-refractivity contribution in [2.45, 2.75) is 45.6 Å². The molecule has 0 saturated carbocycles. The van der Waals surface area contributed by atoms with Crippen LogP contribution in [0.5, 0.6) is 0 Å². The Balaban J connectivity index is 2.30. The van der Waals surface area contributed by atoms with Crippen molar-refractivity contribution in [3.05, 3.63) is 42.0 Å². The molecule has 0 radical (unpaired) electrons. The lowest BCUT2D eigenvalue weighted by atomic mass is 10.1. The summed E-state index contributed by atoms with van der Waals surface area (Å²) in [5.74, 6) is -0.0112. The average molecular weight is 245 g/mol. The van der Waals surface area contributed by atoms with Gasteiger partial charge in [-0.1, -0.05) is 56.5 Å². The molecule has 1 aromatic rings. The Morgan fingerprint density at radius 3 is 2.67 bits per heavy atom. The molecule has 0 aliphatic rings. The number of amides is 1. The van der Waals surface area contributed by atoms with Gasteiger partial charge in [0.25, 0.3) is 0 Å². The molecule has 0 bridgehead atoms. The van der Waals surface area contributed by atoms with Crippen LogP contribution < -0.4 is 5.32 Å². The topological polar surface area (TPSA) is 29.1 Å². The van der Waals surface area contributed by atoms with Crippen molar-refractivity contribution in [2.75, 3.05) is 0 Å². The summed E-state index contributed by atoms with van der Waals surface area (Å²) in [6.45, 7) is 4.25. The van der Waals surface area contributed by atoms with E-state index in [0.29, 0.717) is 0 Å². The van der Waals surface area contributed by atoms with E-state index in [1.165, 1.54) is 19.3 Å². The number of benzene rings is 1. The van der Waals surface area contributed by atoms with Gasteiger partial charge in [0.2, 0.25) is 5.91 Å². The number of rotatable bonds is 7. The van der Waals surface area contributed by atoms with Gasteiger partial charge in [0.1, 0.15) is 0 Å². The van der Waals surface area contributed by atoms with E-state index in [1.807, 2.05) is 36.4 Å². The van der Waals surface area contributed by atoms with Crippen molar-refractivity contribution < 1.29 is 4.79 Å². The molecule has 98 valence electrons. The molecule has 0 aliphatic carbocycles. The first-order chi connectivity index (χ1) is 8.72. The molecule has 0 fully saturated rings. The monoisotopic (exact) mass is 245 g/mol. The highest BCUT2D eigenvalue weighted by atomic mass is 16.1. The Bertz CT molecular complexity index is 370. The van der Waals surface area contributed by atoms with E-state index in [0.717, 1.165) is 12.0 Å². The largest absolute Gasteiger partial charge is 0.350 e. The van der Waals surface area contributed by atoms with E-state index in [2.05, 4.69) is 19.2 Å². The Morgan fingerprint density at radius 1 is 1.28 bits per heavy atom. The molecular weight excluding hydrogens is 222 g/mol. The summed E-state index contributed by atoms with van der Waals surface area (Å²) in [6.07, 6.45) is 8.13. The molecule has 1 amide bonds. The summed E-state index contributed by atoms with van der Waals surface area (Å²) in [5, 5.41) is 2.98. The number of nitrogens with one attached hydrogen (secondary N) is 1. The second-order valence-electron chi connectivity index (χ2n) is 4.65. The molecule has 1 unspecified atom stereocenters. The van der Waals surface area contributed by atoms with E-state index in [1.54, 1.807) is 6.08 Å². The minimum Gasteiger partial charge on any atom is -0.350 e. The van der Waals surface area contributed by atoms with Gasteiger partial charge in [0, 0.05) is 12.1 Å². The van der Waals surface area contributed by atoms with Gasteiger partial charge in [-0.15, -0.1) is 0 Å². The fraction of sp³-hybridized carbons (Fsp3) is 0.438. The first-order valence-electron chi connectivity index (χ1n) is 6.76. The summed E-state index contributed by atoms with van der Waals surface area (Å²) < 4.78 is 0. The molecule has 2 heteroatoms. The maximum absolute atomic E-state index is 11.7. The zero-order valence-corrected chi connectivity index (χ0v) is 11.4. The van der Waals surface area contributed by atoms with Crippen molar-refractivity contribution in [1.82, 2.24) is 5.32 Å². The van der Waals surface area contributed by atoms with Crippen molar-refractivity contribution in [1.29, 1.82) is 0 Å². The zero-order chi connectivity index (χ0) is 13.2. The van der Waals surface area contributed by atoms with Crippen molar-refractivity contribution in [3.8, 4) is 0 Å². The van der Waals surface area contributed by atoms with Crippen molar-refractivity contribution in [2.24, 2.45) is 0 Å². The molecule has 0 saturated heterocycles. The van der Waals surface area contributed by atoms with Crippen LogP contribution in [0.2, 0.25) is 0 Å². The quantitative estimate of drug-likeness (QED) is 0.575. The second kappa shape index (κ2) is 8.51. The highest BCUT2D eigenvalue weighted by Gasteiger charge is 2.03. The number of carbonyl (C=O) groups is 1. The average Bonchev–Trinajstić information content (AvgIpc) is 2.38. The van der Waals surface area contributed by atoms with E-state index >= 15 is 0 Å². The molecule has 18 heavy (non-hydrogen) atoms. The lowest BCUT2D eigenvalue weighted by Crippen LogP contribution is -2.30. The van der Waals surface area contributed by atoms with Gasteiger partial charge in [-0.25, -0.2) is 0 Å². The minimum absolute atomic E-state index is 0.0112. The summed E-state index contributed by atoms with van der Waals surface area (Å²) in [5.41, 5.74) is 1.05. The molecule has 1 rings (SSSR count). The summed E-state index contributed by atoms with van der Waals surface area (Å²) in [7, 11) is 0. The second-order valence-corrected chi connectivity index (χ2v) is 4.65. The predicted molar refractivity (Wildman–Crippen MR) is 77.2 cm³/mol. The van der Waals surface area contributed by atoms with Crippen LogP contribution in [0, 0.1) is 0 Å².